The van der Waals surface area contributed by atoms with E-state index in [2.05, 4.69) is 0 Å². The molecule has 0 bridgehead atoms. The summed E-state index contributed by atoms with van der Waals surface area (Å²) in [5, 5.41) is 0. The van der Waals surface area contributed by atoms with Crippen molar-refractivity contribution in [2.24, 2.45) is 11.7 Å². The largest absolute Gasteiger partial charge is 0.489 e. The summed E-state index contributed by atoms with van der Waals surface area (Å²) in [6.45, 7) is 0.589. The lowest BCUT2D eigenvalue weighted by Crippen LogP contribution is -2.38. The fourth-order valence-electron chi connectivity index (χ4n) is 2.25. The third kappa shape index (κ3) is 3.75. The number of benzene rings is 1. The van der Waals surface area contributed by atoms with Gasteiger partial charge in [-0.1, -0.05) is 0 Å². The van der Waals surface area contributed by atoms with Crippen molar-refractivity contribution in [1.29, 1.82) is 0 Å². The molecule has 0 aliphatic heterocycles. The molecule has 0 radical (unpaired) electrons. The highest BCUT2D eigenvalue weighted by molar-refractivity contribution is 7.91. The van der Waals surface area contributed by atoms with Crippen molar-refractivity contribution in [2.45, 2.75) is 28.7 Å². The minimum absolute atomic E-state index is 0.0382. The van der Waals surface area contributed by atoms with Crippen LogP contribution < -0.4 is 10.5 Å². The van der Waals surface area contributed by atoms with Crippen LogP contribution in [0.2, 0.25) is 0 Å². The normalized spacial score (nSPS) is 22.6. The molecule has 8 heteroatoms. The van der Waals surface area contributed by atoms with Gasteiger partial charge in [0, 0.05) is 12.5 Å². The van der Waals surface area contributed by atoms with Crippen molar-refractivity contribution in [3.63, 3.8) is 0 Å². The van der Waals surface area contributed by atoms with E-state index in [0.717, 1.165) is 31.4 Å². The summed E-state index contributed by atoms with van der Waals surface area (Å²) in [6, 6.07) is 3.92. The Morgan fingerprint density at radius 2 is 1.76 bits per heavy atom. The smallest absolute Gasteiger partial charge is 0.179 e. The fraction of sp³-hybridized carbons (Fsp3) is 0.538. The molecule has 0 spiro atoms. The molecule has 0 atom stereocenters. The van der Waals surface area contributed by atoms with Gasteiger partial charge < -0.3 is 10.5 Å². The van der Waals surface area contributed by atoms with Crippen LogP contribution in [0.1, 0.15) is 12.8 Å². The van der Waals surface area contributed by atoms with Gasteiger partial charge in [-0.15, -0.1) is 0 Å². The molecule has 1 saturated carbocycles. The lowest BCUT2D eigenvalue weighted by Gasteiger charge is -2.34. The second-order valence-corrected chi connectivity index (χ2v) is 9.47. The van der Waals surface area contributed by atoms with E-state index in [0.29, 0.717) is 12.5 Å². The van der Waals surface area contributed by atoms with E-state index in [1.807, 2.05) is 0 Å². The molecule has 0 heterocycles. The summed E-state index contributed by atoms with van der Waals surface area (Å²) in [5.41, 5.74) is 5.54. The van der Waals surface area contributed by atoms with Gasteiger partial charge in [0.2, 0.25) is 0 Å². The molecule has 118 valence electrons. The Balaban J connectivity index is 2.33. The summed E-state index contributed by atoms with van der Waals surface area (Å²) in [6.07, 6.45) is 3.57. The Bertz CT molecular complexity index is 734. The summed E-state index contributed by atoms with van der Waals surface area (Å²) < 4.78 is 52.5. The molecule has 0 amide bonds. The van der Waals surface area contributed by atoms with Gasteiger partial charge in [-0.3, -0.25) is 0 Å². The van der Waals surface area contributed by atoms with Crippen LogP contribution in [-0.2, 0) is 19.7 Å². The van der Waals surface area contributed by atoms with Crippen LogP contribution in [0, 0.1) is 5.92 Å². The average molecular weight is 333 g/mol. The van der Waals surface area contributed by atoms with Gasteiger partial charge in [0.25, 0.3) is 0 Å². The lowest BCUT2D eigenvalue weighted by atomic mass is 9.82. The first kappa shape index (κ1) is 16.3. The fourth-order valence-corrected chi connectivity index (χ4v) is 3.79. The van der Waals surface area contributed by atoms with E-state index >= 15 is 0 Å². The van der Waals surface area contributed by atoms with E-state index in [1.54, 1.807) is 0 Å². The zero-order valence-corrected chi connectivity index (χ0v) is 13.6. The quantitative estimate of drug-likeness (QED) is 0.847. The number of hydrogen-bond acceptors (Lipinski definition) is 6. The van der Waals surface area contributed by atoms with Gasteiger partial charge in [0.05, 0.1) is 11.0 Å². The summed E-state index contributed by atoms with van der Waals surface area (Å²) >= 11 is 0. The molecule has 1 aliphatic carbocycles. The van der Waals surface area contributed by atoms with E-state index < -0.39 is 19.7 Å². The predicted molar refractivity (Wildman–Crippen MR) is 78.9 cm³/mol. The van der Waals surface area contributed by atoms with Crippen LogP contribution >= 0.6 is 0 Å². The first-order valence-corrected chi connectivity index (χ1v) is 10.3. The Kier molecular flexibility index (Phi) is 4.32. The van der Waals surface area contributed by atoms with Crippen LogP contribution in [0.25, 0.3) is 0 Å². The Hall–Kier alpha value is -1.12. The molecule has 0 saturated heterocycles. The molecule has 2 rings (SSSR count). The second-order valence-electron chi connectivity index (χ2n) is 5.47. The van der Waals surface area contributed by atoms with Crippen molar-refractivity contribution in [2.75, 3.05) is 19.1 Å². The minimum atomic E-state index is -3.58. The number of sulfone groups is 2. The summed E-state index contributed by atoms with van der Waals surface area (Å²) in [4.78, 5) is -0.134. The molecule has 1 aliphatic rings. The highest BCUT2D eigenvalue weighted by Crippen LogP contribution is 2.34. The molecule has 1 fully saturated rings. The molecular formula is C13H19NO5S2. The van der Waals surface area contributed by atoms with Crippen LogP contribution in [0.15, 0.2) is 28.0 Å². The van der Waals surface area contributed by atoms with Gasteiger partial charge >= 0.3 is 0 Å². The predicted octanol–water partition coefficient (Wildman–Crippen LogP) is 0.610. The van der Waals surface area contributed by atoms with Crippen molar-refractivity contribution >= 4 is 19.7 Å². The van der Waals surface area contributed by atoms with E-state index in [9.17, 15) is 16.8 Å². The van der Waals surface area contributed by atoms with Crippen molar-refractivity contribution in [3.05, 3.63) is 18.2 Å². The zero-order valence-electron chi connectivity index (χ0n) is 11.9. The van der Waals surface area contributed by atoms with E-state index in [1.165, 1.54) is 12.1 Å². The highest BCUT2D eigenvalue weighted by Gasteiger charge is 2.31. The molecule has 1 aromatic rings. The maximum atomic E-state index is 11.8. The van der Waals surface area contributed by atoms with E-state index in [-0.39, 0.29) is 21.6 Å². The van der Waals surface area contributed by atoms with Gasteiger partial charge in [-0.2, -0.15) is 0 Å². The van der Waals surface area contributed by atoms with Crippen LogP contribution in [0.4, 0.5) is 0 Å². The number of hydrogen-bond donors (Lipinski definition) is 1. The van der Waals surface area contributed by atoms with Gasteiger partial charge in [0.15, 0.2) is 19.7 Å². The van der Waals surface area contributed by atoms with Gasteiger partial charge in [-0.25, -0.2) is 16.8 Å². The second kappa shape index (κ2) is 5.58. The molecule has 0 aromatic heterocycles. The monoisotopic (exact) mass is 333 g/mol. The van der Waals surface area contributed by atoms with Crippen LogP contribution in [0.3, 0.4) is 0 Å². The molecule has 1 aromatic carbocycles. The number of nitrogens with two attached hydrogens (primary N) is 1. The summed E-state index contributed by atoms with van der Waals surface area (Å²) in [7, 11) is -7.05. The maximum Gasteiger partial charge on any atom is 0.179 e. The molecule has 2 N–H and O–H groups in total. The first-order chi connectivity index (χ1) is 9.61. The first-order valence-electron chi connectivity index (χ1n) is 6.52. The zero-order chi connectivity index (χ0) is 15.8. The molecule has 6 nitrogen and oxygen atoms in total. The lowest BCUT2D eigenvalue weighted by molar-refractivity contribution is 0.0663. The number of rotatable bonds is 5. The minimum Gasteiger partial charge on any atom is -0.489 e. The van der Waals surface area contributed by atoms with Crippen LogP contribution in [-0.4, -0.2) is 42.0 Å². The average Bonchev–Trinajstić information content (AvgIpc) is 2.30. The van der Waals surface area contributed by atoms with Crippen molar-refractivity contribution in [1.82, 2.24) is 0 Å². The molecular weight excluding hydrogens is 314 g/mol. The number of ether oxygens (including phenoxy) is 1. The van der Waals surface area contributed by atoms with Crippen molar-refractivity contribution in [3.8, 4) is 5.75 Å². The van der Waals surface area contributed by atoms with E-state index in [4.69, 9.17) is 10.5 Å². The van der Waals surface area contributed by atoms with Gasteiger partial charge in [0.1, 0.15) is 10.6 Å². The van der Waals surface area contributed by atoms with Gasteiger partial charge in [-0.05, 0) is 43.5 Å². The Labute approximate surface area is 125 Å². The van der Waals surface area contributed by atoms with Crippen molar-refractivity contribution < 1.29 is 21.6 Å². The maximum absolute atomic E-state index is 11.8. The SMILES string of the molecule is CS(=O)(=O)c1ccc(OC2CC(CN)C2)c(S(C)(=O)=O)c1. The Morgan fingerprint density at radius 3 is 2.24 bits per heavy atom. The highest BCUT2D eigenvalue weighted by atomic mass is 32.2. The molecule has 21 heavy (non-hydrogen) atoms. The summed E-state index contributed by atoms with van der Waals surface area (Å²) in [5.74, 6) is 0.609. The Morgan fingerprint density at radius 1 is 1.14 bits per heavy atom. The third-order valence-electron chi connectivity index (χ3n) is 3.56. The van der Waals surface area contributed by atoms with Crippen LogP contribution in [0.5, 0.6) is 5.75 Å². The standard InChI is InChI=1S/C13H19NO5S2/c1-20(15,16)11-3-4-12(13(7-11)21(2,17)18)19-10-5-9(6-10)8-14/h3-4,7,9-10H,5-6,8,14H2,1-2H3. The molecule has 0 unspecified atom stereocenters. The third-order valence-corrected chi connectivity index (χ3v) is 5.79. The topological polar surface area (TPSA) is 104 Å².